The average Bonchev–Trinajstić information content (AvgIpc) is 3.29. The number of carbonyl (C=O) groups excluding carboxylic acids is 1. The Hall–Kier alpha value is -2.08. The van der Waals surface area contributed by atoms with Gasteiger partial charge in [-0.15, -0.1) is 0 Å². The molecule has 5 atom stereocenters. The molecule has 2 aromatic rings. The Morgan fingerprint density at radius 1 is 1.31 bits per heavy atom. The molecule has 2 heterocycles. The zero-order valence-electron chi connectivity index (χ0n) is 15.1. The second-order valence-electron chi connectivity index (χ2n) is 8.61. The zero-order valence-corrected chi connectivity index (χ0v) is 15.1. The van der Waals surface area contributed by atoms with Gasteiger partial charge < -0.3 is 15.0 Å². The maximum Gasteiger partial charge on any atom is 0.256 e. The van der Waals surface area contributed by atoms with Crippen molar-refractivity contribution in [1.29, 1.82) is 0 Å². The van der Waals surface area contributed by atoms with Gasteiger partial charge in [-0.2, -0.15) is 5.10 Å². The Morgan fingerprint density at radius 3 is 2.92 bits per heavy atom. The van der Waals surface area contributed by atoms with Crippen LogP contribution in [-0.4, -0.2) is 37.0 Å². The maximum absolute atomic E-state index is 13.1. The van der Waals surface area contributed by atoms with Crippen molar-refractivity contribution in [3.63, 3.8) is 0 Å². The molecule has 0 radical (unpaired) electrons. The summed E-state index contributed by atoms with van der Waals surface area (Å²) in [6.45, 7) is 0. The minimum Gasteiger partial charge on any atom is -0.390 e. The summed E-state index contributed by atoms with van der Waals surface area (Å²) >= 11 is 0. The van der Waals surface area contributed by atoms with Gasteiger partial charge in [-0.05, 0) is 68.4 Å². The van der Waals surface area contributed by atoms with E-state index in [0.29, 0.717) is 23.3 Å². The van der Waals surface area contributed by atoms with Crippen LogP contribution in [0.3, 0.4) is 0 Å². The first-order chi connectivity index (χ1) is 12.5. The fourth-order valence-electron chi connectivity index (χ4n) is 5.92. The van der Waals surface area contributed by atoms with Crippen LogP contribution < -0.4 is 5.32 Å². The van der Waals surface area contributed by atoms with Crippen LogP contribution in [0.5, 0.6) is 0 Å². The van der Waals surface area contributed by atoms with Gasteiger partial charge in [0.15, 0.2) is 0 Å². The smallest absolute Gasteiger partial charge is 0.256 e. The molecule has 0 aliphatic heterocycles. The highest BCUT2D eigenvalue weighted by atomic mass is 16.3. The summed E-state index contributed by atoms with van der Waals surface area (Å²) in [4.78, 5) is 13.1. The van der Waals surface area contributed by atoms with Gasteiger partial charge in [-0.25, -0.2) is 0 Å². The molecule has 3 aliphatic carbocycles. The van der Waals surface area contributed by atoms with Crippen molar-refractivity contribution >= 4 is 5.91 Å². The second-order valence-corrected chi connectivity index (χ2v) is 8.61. The highest BCUT2D eigenvalue weighted by molar-refractivity contribution is 5.97. The van der Waals surface area contributed by atoms with Gasteiger partial charge >= 0.3 is 0 Å². The number of nitrogens with zero attached hydrogens (tertiary/aromatic N) is 3. The van der Waals surface area contributed by atoms with Crippen LogP contribution >= 0.6 is 0 Å². The minimum atomic E-state index is -0.494. The first-order valence-corrected chi connectivity index (χ1v) is 9.71. The van der Waals surface area contributed by atoms with Crippen LogP contribution in [0.15, 0.2) is 30.7 Å². The number of nitrogens with one attached hydrogen (secondary N) is 1. The Labute approximate surface area is 153 Å². The van der Waals surface area contributed by atoms with Gasteiger partial charge in [-0.1, -0.05) is 0 Å². The lowest BCUT2D eigenvalue weighted by Gasteiger charge is -2.35. The highest BCUT2D eigenvalue weighted by Crippen LogP contribution is 2.55. The number of carbonyl (C=O) groups is 1. The predicted molar refractivity (Wildman–Crippen MR) is 96.9 cm³/mol. The van der Waals surface area contributed by atoms with E-state index in [1.165, 1.54) is 6.42 Å². The van der Waals surface area contributed by atoms with Crippen molar-refractivity contribution in [2.45, 2.75) is 50.2 Å². The van der Waals surface area contributed by atoms with E-state index < -0.39 is 5.60 Å². The Morgan fingerprint density at radius 2 is 2.12 bits per heavy atom. The molecule has 3 bridgehead atoms. The SMILES string of the molecule is Cn1ncc(C(=O)N[C@H]2CC[C@]3(O)CC4CC(C3)C2C4)c1-n1cccc1. The second kappa shape index (κ2) is 5.71. The van der Waals surface area contributed by atoms with Crippen LogP contribution in [0.4, 0.5) is 0 Å². The molecular formula is C20H26N4O2. The highest BCUT2D eigenvalue weighted by Gasteiger charge is 2.52. The minimum absolute atomic E-state index is 0.0555. The first kappa shape index (κ1) is 16.1. The number of hydrogen-bond acceptors (Lipinski definition) is 3. The zero-order chi connectivity index (χ0) is 17.9. The van der Waals surface area contributed by atoms with Gasteiger partial charge in [0.1, 0.15) is 11.4 Å². The van der Waals surface area contributed by atoms with E-state index in [0.717, 1.165) is 37.9 Å². The van der Waals surface area contributed by atoms with Gasteiger partial charge in [-0.3, -0.25) is 9.48 Å². The van der Waals surface area contributed by atoms with Crippen LogP contribution in [0.2, 0.25) is 0 Å². The predicted octanol–water partition coefficient (Wildman–Crippen LogP) is 2.27. The molecule has 0 spiro atoms. The van der Waals surface area contributed by atoms with E-state index in [-0.39, 0.29) is 11.9 Å². The first-order valence-electron chi connectivity index (χ1n) is 9.71. The Kier molecular flexibility index (Phi) is 3.54. The quantitative estimate of drug-likeness (QED) is 0.888. The van der Waals surface area contributed by atoms with Crippen molar-refractivity contribution in [2.24, 2.45) is 24.8 Å². The number of hydrogen-bond donors (Lipinski definition) is 2. The van der Waals surface area contributed by atoms with Gasteiger partial charge in [0.05, 0.1) is 11.8 Å². The fraction of sp³-hybridized carbons (Fsp3) is 0.600. The van der Waals surface area contributed by atoms with Crippen molar-refractivity contribution in [2.75, 3.05) is 0 Å². The largest absolute Gasteiger partial charge is 0.390 e. The van der Waals surface area contributed by atoms with E-state index in [9.17, 15) is 9.90 Å². The Bertz CT molecular complexity index is 827. The molecule has 6 heteroatoms. The number of rotatable bonds is 3. The molecule has 3 fully saturated rings. The normalized spacial score (nSPS) is 35.5. The number of fused-ring (bicyclic) bond motifs is 2. The third-order valence-corrected chi connectivity index (χ3v) is 6.91. The molecule has 2 aromatic heterocycles. The topological polar surface area (TPSA) is 72.1 Å². The molecule has 5 rings (SSSR count). The molecule has 3 saturated carbocycles. The molecule has 1 amide bonds. The van der Waals surface area contributed by atoms with Crippen molar-refractivity contribution < 1.29 is 9.90 Å². The van der Waals surface area contributed by atoms with Crippen LogP contribution in [0.25, 0.3) is 5.82 Å². The summed E-state index contributed by atoms with van der Waals surface area (Å²) < 4.78 is 3.66. The molecular weight excluding hydrogens is 328 g/mol. The molecule has 3 unspecified atom stereocenters. The monoisotopic (exact) mass is 354 g/mol. The van der Waals surface area contributed by atoms with E-state index in [1.807, 2.05) is 36.1 Å². The summed E-state index contributed by atoms with van der Waals surface area (Å²) in [6.07, 6.45) is 11.4. The summed E-state index contributed by atoms with van der Waals surface area (Å²) in [6, 6.07) is 4.04. The lowest BCUT2D eigenvalue weighted by Crippen LogP contribution is -2.41. The van der Waals surface area contributed by atoms with Crippen molar-refractivity contribution in [1.82, 2.24) is 19.7 Å². The average molecular weight is 354 g/mol. The summed E-state index contributed by atoms with van der Waals surface area (Å²) in [5, 5.41) is 18.5. The van der Waals surface area contributed by atoms with Gasteiger partial charge in [0, 0.05) is 25.5 Å². The molecule has 3 aliphatic rings. The third kappa shape index (κ3) is 2.50. The van der Waals surface area contributed by atoms with Gasteiger partial charge in [0.2, 0.25) is 0 Å². The molecule has 138 valence electrons. The third-order valence-electron chi connectivity index (χ3n) is 6.91. The molecule has 0 aromatic carbocycles. The molecule has 2 N–H and O–H groups in total. The lowest BCUT2D eigenvalue weighted by molar-refractivity contribution is -0.0247. The summed E-state index contributed by atoms with van der Waals surface area (Å²) in [5.41, 5.74) is 0.109. The van der Waals surface area contributed by atoms with E-state index in [1.54, 1.807) is 10.9 Å². The molecule has 6 nitrogen and oxygen atoms in total. The van der Waals surface area contributed by atoms with Crippen molar-refractivity contribution in [3.8, 4) is 5.82 Å². The van der Waals surface area contributed by atoms with Gasteiger partial charge in [0.25, 0.3) is 5.91 Å². The molecule has 26 heavy (non-hydrogen) atoms. The lowest BCUT2D eigenvalue weighted by atomic mass is 9.76. The van der Waals surface area contributed by atoms with Crippen molar-refractivity contribution in [3.05, 3.63) is 36.3 Å². The van der Waals surface area contributed by atoms with E-state index >= 15 is 0 Å². The maximum atomic E-state index is 13.1. The molecule has 0 saturated heterocycles. The van der Waals surface area contributed by atoms with E-state index in [2.05, 4.69) is 10.4 Å². The van der Waals surface area contributed by atoms with Crippen LogP contribution in [-0.2, 0) is 7.05 Å². The fourth-order valence-corrected chi connectivity index (χ4v) is 5.92. The van der Waals surface area contributed by atoms with Crippen LogP contribution in [0.1, 0.15) is 48.9 Å². The Balaban J connectivity index is 1.40. The summed E-state index contributed by atoms with van der Waals surface area (Å²) in [5.74, 6) is 2.43. The van der Waals surface area contributed by atoms with E-state index in [4.69, 9.17) is 0 Å². The van der Waals surface area contributed by atoms with Crippen LogP contribution in [0, 0.1) is 17.8 Å². The number of amides is 1. The number of aryl methyl sites for hydroxylation is 1. The number of aromatic nitrogens is 3. The standard InChI is InChI=1S/C20H26N4O2/c1-23-19(24-6-2-3-7-24)16(12-21-23)18(25)22-17-4-5-20(26)10-13-8-14(11-20)15(17)9-13/h2-3,6-7,12-15,17,26H,4-5,8-11H2,1H3,(H,22,25)/t13?,14?,15?,17-,20-/m0/s1. The number of aliphatic hydroxyl groups is 1. The summed E-state index contributed by atoms with van der Waals surface area (Å²) in [7, 11) is 1.85.